The molecule has 0 aliphatic carbocycles. The Hall–Kier alpha value is -3.02. The van der Waals surface area contributed by atoms with Crippen LogP contribution >= 0.6 is 0 Å². The summed E-state index contributed by atoms with van der Waals surface area (Å²) in [6.07, 6.45) is -9.06. The summed E-state index contributed by atoms with van der Waals surface area (Å²) in [5.41, 5.74) is -0.261. The highest BCUT2D eigenvalue weighted by Crippen LogP contribution is 2.46. The third kappa shape index (κ3) is 2.56. The topological polar surface area (TPSA) is 0 Å². The van der Waals surface area contributed by atoms with Crippen molar-refractivity contribution < 1.29 is 26.3 Å². The summed E-state index contributed by atoms with van der Waals surface area (Å²) in [6, 6.07) is 11.1. The lowest BCUT2D eigenvalue weighted by atomic mass is 9.85. The van der Waals surface area contributed by atoms with Gasteiger partial charge in [-0.1, -0.05) is 24.3 Å². The Morgan fingerprint density at radius 3 is 1.13 bits per heavy atom. The molecule has 0 unspecified atom stereocenters. The van der Waals surface area contributed by atoms with Gasteiger partial charge in [0.1, 0.15) is 0 Å². The Morgan fingerprint density at radius 1 is 0.467 bits per heavy atom. The maximum atomic E-state index is 13.6. The van der Waals surface area contributed by atoms with Gasteiger partial charge in [-0.2, -0.15) is 26.3 Å². The van der Waals surface area contributed by atoms with Crippen molar-refractivity contribution in [3.05, 3.63) is 70.8 Å². The predicted octanol–water partition coefficient (Wildman–Crippen LogP) is 8.39. The first-order chi connectivity index (χ1) is 14.0. The van der Waals surface area contributed by atoms with Crippen molar-refractivity contribution in [3.63, 3.8) is 0 Å². The van der Waals surface area contributed by atoms with E-state index in [1.807, 2.05) is 0 Å². The Labute approximate surface area is 167 Å². The lowest BCUT2D eigenvalue weighted by Gasteiger charge is -2.20. The molecule has 5 aromatic carbocycles. The molecule has 0 saturated carbocycles. The van der Waals surface area contributed by atoms with Gasteiger partial charge >= 0.3 is 12.4 Å². The van der Waals surface area contributed by atoms with Crippen LogP contribution in [0.4, 0.5) is 26.3 Å². The Balaban J connectivity index is 2.13. The molecule has 152 valence electrons. The fraction of sp³-hybridized carbons (Fsp3) is 0.167. The smallest absolute Gasteiger partial charge is 0.166 e. The highest BCUT2D eigenvalue weighted by molar-refractivity contribution is 6.33. The second-order valence-corrected chi connectivity index (χ2v) is 7.75. The molecule has 5 aromatic rings. The molecule has 0 N–H and O–H groups in total. The van der Waals surface area contributed by atoms with Gasteiger partial charge in [-0.25, -0.2) is 0 Å². The minimum absolute atomic E-state index is 0.397. The van der Waals surface area contributed by atoms with Gasteiger partial charge in [-0.05, 0) is 92.3 Å². The van der Waals surface area contributed by atoms with Crippen molar-refractivity contribution in [1.82, 2.24) is 0 Å². The maximum Gasteiger partial charge on any atom is 0.416 e. The van der Waals surface area contributed by atoms with Gasteiger partial charge in [0.05, 0.1) is 11.1 Å². The third-order valence-corrected chi connectivity index (χ3v) is 5.90. The van der Waals surface area contributed by atoms with Crippen molar-refractivity contribution >= 4 is 43.1 Å². The van der Waals surface area contributed by atoms with E-state index in [1.165, 1.54) is 0 Å². The van der Waals surface area contributed by atoms with E-state index in [0.29, 0.717) is 54.2 Å². The van der Waals surface area contributed by atoms with Gasteiger partial charge in [0.25, 0.3) is 0 Å². The molecule has 0 radical (unpaired) electrons. The highest BCUT2D eigenvalue weighted by Gasteiger charge is 2.33. The van der Waals surface area contributed by atoms with Crippen LogP contribution in [-0.2, 0) is 12.4 Å². The van der Waals surface area contributed by atoms with E-state index in [9.17, 15) is 26.3 Å². The fourth-order valence-corrected chi connectivity index (χ4v) is 4.45. The Morgan fingerprint density at radius 2 is 0.800 bits per heavy atom. The van der Waals surface area contributed by atoms with E-state index in [2.05, 4.69) is 0 Å². The molecule has 0 spiro atoms. The number of hydrogen-bond donors (Lipinski definition) is 0. The predicted molar refractivity (Wildman–Crippen MR) is 107 cm³/mol. The van der Waals surface area contributed by atoms with Crippen LogP contribution in [0, 0.1) is 13.8 Å². The average Bonchev–Trinajstić information content (AvgIpc) is 2.66. The standard InChI is InChI=1S/C24H14F6/c1-11-3-5-15-20-10-14(24(28,29)30)8-18-12(2)4-6-16(22(18)20)19-9-13(23(25,26)27)7-17(11)21(15)19/h3-10H,1-2H3. The first-order valence-corrected chi connectivity index (χ1v) is 9.26. The molecular formula is C24H14F6. The molecule has 6 heteroatoms. The number of alkyl halides is 6. The molecule has 0 aliphatic rings. The van der Waals surface area contributed by atoms with Crippen molar-refractivity contribution in [2.45, 2.75) is 26.2 Å². The minimum atomic E-state index is -4.53. The van der Waals surface area contributed by atoms with Crippen LogP contribution in [0.25, 0.3) is 43.1 Å². The van der Waals surface area contributed by atoms with E-state index >= 15 is 0 Å². The molecule has 0 atom stereocenters. The monoisotopic (exact) mass is 416 g/mol. The molecule has 0 heterocycles. The summed E-state index contributed by atoms with van der Waals surface area (Å²) >= 11 is 0. The number of fused-ring (bicyclic) bond motifs is 2. The molecule has 0 amide bonds. The molecule has 0 bridgehead atoms. The summed E-state index contributed by atoms with van der Waals surface area (Å²) < 4.78 is 81.6. The summed E-state index contributed by atoms with van der Waals surface area (Å²) in [7, 11) is 0. The zero-order valence-electron chi connectivity index (χ0n) is 15.9. The molecule has 0 saturated heterocycles. The van der Waals surface area contributed by atoms with Gasteiger partial charge in [0, 0.05) is 0 Å². The third-order valence-electron chi connectivity index (χ3n) is 5.90. The summed E-state index contributed by atoms with van der Waals surface area (Å²) in [6.45, 7) is 3.41. The number of hydrogen-bond acceptors (Lipinski definition) is 0. The van der Waals surface area contributed by atoms with E-state index in [4.69, 9.17) is 0 Å². The van der Waals surface area contributed by atoms with Crippen LogP contribution < -0.4 is 0 Å². The quantitative estimate of drug-likeness (QED) is 0.135. The van der Waals surface area contributed by atoms with E-state index < -0.39 is 23.5 Å². The van der Waals surface area contributed by atoms with Crippen LogP contribution in [0.5, 0.6) is 0 Å². The number of aryl methyl sites for hydroxylation is 2. The first-order valence-electron chi connectivity index (χ1n) is 9.26. The molecule has 5 rings (SSSR count). The van der Waals surface area contributed by atoms with Crippen LogP contribution in [0.2, 0.25) is 0 Å². The van der Waals surface area contributed by atoms with Crippen LogP contribution in [0.15, 0.2) is 48.5 Å². The summed E-state index contributed by atoms with van der Waals surface area (Å²) in [4.78, 5) is 0. The molecule has 0 aliphatic heterocycles. The van der Waals surface area contributed by atoms with Gasteiger partial charge < -0.3 is 0 Å². The lowest BCUT2D eigenvalue weighted by Crippen LogP contribution is -2.06. The van der Waals surface area contributed by atoms with Gasteiger partial charge in [0.2, 0.25) is 0 Å². The normalized spacial score (nSPS) is 13.3. The zero-order valence-corrected chi connectivity index (χ0v) is 15.9. The number of halogens is 6. The van der Waals surface area contributed by atoms with Crippen LogP contribution in [-0.4, -0.2) is 0 Å². The Bertz CT molecular complexity index is 1360. The van der Waals surface area contributed by atoms with Gasteiger partial charge in [-0.3, -0.25) is 0 Å². The van der Waals surface area contributed by atoms with E-state index in [-0.39, 0.29) is 0 Å². The van der Waals surface area contributed by atoms with Crippen LogP contribution in [0.3, 0.4) is 0 Å². The van der Waals surface area contributed by atoms with Crippen molar-refractivity contribution in [1.29, 1.82) is 0 Å². The second kappa shape index (κ2) is 5.78. The highest BCUT2D eigenvalue weighted by atomic mass is 19.4. The average molecular weight is 416 g/mol. The van der Waals surface area contributed by atoms with E-state index in [0.717, 1.165) is 24.3 Å². The van der Waals surface area contributed by atoms with Crippen LogP contribution in [0.1, 0.15) is 22.3 Å². The molecule has 30 heavy (non-hydrogen) atoms. The zero-order chi connectivity index (χ0) is 21.6. The lowest BCUT2D eigenvalue weighted by molar-refractivity contribution is -0.138. The van der Waals surface area contributed by atoms with Gasteiger partial charge in [0.15, 0.2) is 0 Å². The first kappa shape index (κ1) is 19.0. The van der Waals surface area contributed by atoms with Gasteiger partial charge in [-0.15, -0.1) is 0 Å². The maximum absolute atomic E-state index is 13.6. The molecule has 0 fully saturated rings. The molecular weight excluding hydrogens is 402 g/mol. The molecule has 0 nitrogen and oxygen atoms in total. The van der Waals surface area contributed by atoms with Crippen molar-refractivity contribution in [2.75, 3.05) is 0 Å². The minimum Gasteiger partial charge on any atom is -0.166 e. The number of rotatable bonds is 0. The SMILES string of the molecule is Cc1ccc2c3cc(C(F)(F)F)cc4c(C)ccc(c5cc(C(F)(F)F)cc1c25)c43. The summed E-state index contributed by atoms with van der Waals surface area (Å²) in [5, 5.41) is 3.75. The van der Waals surface area contributed by atoms with Crippen molar-refractivity contribution in [3.8, 4) is 0 Å². The molecule has 0 aromatic heterocycles. The van der Waals surface area contributed by atoms with Crippen molar-refractivity contribution in [2.24, 2.45) is 0 Å². The Kier molecular flexibility index (Phi) is 3.65. The largest absolute Gasteiger partial charge is 0.416 e. The second-order valence-electron chi connectivity index (χ2n) is 7.75. The number of benzene rings is 5. The fourth-order valence-electron chi connectivity index (χ4n) is 4.45. The summed E-state index contributed by atoms with van der Waals surface area (Å²) in [5.74, 6) is 0. The van der Waals surface area contributed by atoms with E-state index in [1.54, 1.807) is 38.1 Å².